The summed E-state index contributed by atoms with van der Waals surface area (Å²) in [6, 6.07) is 61.5. The highest BCUT2D eigenvalue weighted by Crippen LogP contribution is 2.48. The number of para-hydroxylation sites is 3. The molecule has 0 amide bonds. The molecule has 4 nitrogen and oxygen atoms in total. The van der Waals surface area contributed by atoms with Crippen LogP contribution < -0.4 is 0 Å². The highest BCUT2D eigenvalue weighted by atomic mass is 15.0. The first-order chi connectivity index (χ1) is 26.8. The molecule has 4 heterocycles. The zero-order chi connectivity index (χ0) is 35.3. The van der Waals surface area contributed by atoms with Gasteiger partial charge >= 0.3 is 0 Å². The Balaban J connectivity index is 1.07. The van der Waals surface area contributed by atoms with Gasteiger partial charge in [0, 0.05) is 61.8 Å². The van der Waals surface area contributed by atoms with Crippen LogP contribution in [-0.4, -0.2) is 19.1 Å². The molecule has 0 fully saturated rings. The van der Waals surface area contributed by atoms with Crippen molar-refractivity contribution in [3.05, 3.63) is 182 Å². The van der Waals surface area contributed by atoms with Crippen LogP contribution >= 0.6 is 0 Å². The fourth-order valence-corrected chi connectivity index (χ4v) is 8.94. The van der Waals surface area contributed by atoms with E-state index in [1.165, 1.54) is 88.1 Å². The average Bonchev–Trinajstić information content (AvgIpc) is 3.87. The second-order valence-electron chi connectivity index (χ2n) is 14.2. The summed E-state index contributed by atoms with van der Waals surface area (Å²) in [5.41, 5.74) is 17.4. The Morgan fingerprint density at radius 1 is 0.370 bits per heavy atom. The van der Waals surface area contributed by atoms with Gasteiger partial charge in [0.15, 0.2) is 0 Å². The van der Waals surface area contributed by atoms with Gasteiger partial charge in [0.2, 0.25) is 0 Å². The smallest absolute Gasteiger partial charge is 0.0722 e. The predicted molar refractivity (Wildman–Crippen MR) is 224 cm³/mol. The maximum Gasteiger partial charge on any atom is 0.0722 e. The third-order valence-electron chi connectivity index (χ3n) is 11.3. The first kappa shape index (κ1) is 29.3. The summed E-state index contributed by atoms with van der Waals surface area (Å²) in [5, 5.41) is 6.12. The number of nitrogens with zero attached hydrogens (tertiary/aromatic N) is 4. The molecule has 4 heteroatoms. The molecule has 0 atom stereocenters. The Kier molecular flexibility index (Phi) is 6.02. The van der Waals surface area contributed by atoms with Crippen LogP contribution in [0, 0.1) is 0 Å². The Morgan fingerprint density at radius 2 is 0.944 bits per heavy atom. The Bertz CT molecular complexity index is 3320. The lowest BCUT2D eigenvalue weighted by Crippen LogP contribution is -1.93. The lowest BCUT2D eigenvalue weighted by Gasteiger charge is -2.09. The van der Waals surface area contributed by atoms with Gasteiger partial charge in [-0.2, -0.15) is 0 Å². The summed E-state index contributed by atoms with van der Waals surface area (Å²) in [5.74, 6) is 0. The summed E-state index contributed by atoms with van der Waals surface area (Å²) in [6.45, 7) is 0. The molecule has 4 aromatic heterocycles. The second kappa shape index (κ2) is 11.1. The summed E-state index contributed by atoms with van der Waals surface area (Å²) in [4.78, 5) is 9.70. The van der Waals surface area contributed by atoms with E-state index in [4.69, 9.17) is 4.98 Å². The molecule has 12 rings (SSSR count). The van der Waals surface area contributed by atoms with E-state index >= 15 is 0 Å². The van der Waals surface area contributed by atoms with Crippen molar-refractivity contribution in [2.45, 2.75) is 0 Å². The highest BCUT2D eigenvalue weighted by Gasteiger charge is 2.24. The minimum Gasteiger partial charge on any atom is -0.309 e. The van der Waals surface area contributed by atoms with Gasteiger partial charge in [-0.15, -0.1) is 0 Å². The summed E-state index contributed by atoms with van der Waals surface area (Å²) in [6.07, 6.45) is 3.86. The van der Waals surface area contributed by atoms with Crippen molar-refractivity contribution < 1.29 is 0 Å². The second-order valence-corrected chi connectivity index (χ2v) is 14.2. The fraction of sp³-hybridized carbons (Fsp3) is 0. The van der Waals surface area contributed by atoms with Crippen LogP contribution in [0.1, 0.15) is 0 Å². The summed E-state index contributed by atoms with van der Waals surface area (Å²) >= 11 is 0. The van der Waals surface area contributed by atoms with E-state index in [0.29, 0.717) is 0 Å². The van der Waals surface area contributed by atoms with Crippen LogP contribution in [0.2, 0.25) is 0 Å². The molecule has 54 heavy (non-hydrogen) atoms. The number of hydrogen-bond donors (Lipinski definition) is 0. The van der Waals surface area contributed by atoms with Crippen LogP contribution in [0.3, 0.4) is 0 Å². The van der Waals surface area contributed by atoms with Crippen LogP contribution in [0.5, 0.6) is 0 Å². The van der Waals surface area contributed by atoms with E-state index in [2.05, 4.69) is 184 Å². The maximum atomic E-state index is 5.26. The van der Waals surface area contributed by atoms with Gasteiger partial charge < -0.3 is 9.13 Å². The van der Waals surface area contributed by atoms with Gasteiger partial charge in [0.05, 0.1) is 33.3 Å². The monoisotopic (exact) mass is 686 g/mol. The molecule has 0 bridgehead atoms. The quantitative estimate of drug-likeness (QED) is 0.185. The largest absolute Gasteiger partial charge is 0.309 e. The number of rotatable bonds is 4. The number of aromatic nitrogens is 4. The molecule has 0 saturated carbocycles. The van der Waals surface area contributed by atoms with Crippen LogP contribution in [0.4, 0.5) is 0 Å². The Labute approximate surface area is 310 Å². The molecule has 0 unspecified atom stereocenters. The van der Waals surface area contributed by atoms with Crippen molar-refractivity contribution in [3.8, 4) is 56.0 Å². The number of pyridine rings is 2. The van der Waals surface area contributed by atoms with Crippen molar-refractivity contribution >= 4 is 54.5 Å². The lowest BCUT2D eigenvalue weighted by molar-refractivity contribution is 1.18. The molecule has 250 valence electrons. The minimum atomic E-state index is 0.971. The normalized spacial score (nSPS) is 12.1. The minimum absolute atomic E-state index is 0.971. The van der Waals surface area contributed by atoms with Crippen LogP contribution in [0.15, 0.2) is 182 Å². The van der Waals surface area contributed by atoms with Crippen LogP contribution in [-0.2, 0) is 0 Å². The zero-order valence-corrected chi connectivity index (χ0v) is 29.1. The molecule has 1 aliphatic carbocycles. The van der Waals surface area contributed by atoms with Gasteiger partial charge in [-0.1, -0.05) is 84.9 Å². The molecule has 0 N–H and O–H groups in total. The molecule has 11 aromatic rings. The van der Waals surface area contributed by atoms with Crippen LogP contribution in [0.25, 0.3) is 111 Å². The van der Waals surface area contributed by atoms with Crippen molar-refractivity contribution in [1.29, 1.82) is 0 Å². The van der Waals surface area contributed by atoms with Crippen molar-refractivity contribution in [2.24, 2.45) is 0 Å². The Morgan fingerprint density at radius 3 is 1.63 bits per heavy atom. The van der Waals surface area contributed by atoms with Crippen molar-refractivity contribution in [3.63, 3.8) is 0 Å². The van der Waals surface area contributed by atoms with Gasteiger partial charge in [0.25, 0.3) is 0 Å². The zero-order valence-electron chi connectivity index (χ0n) is 29.1. The third-order valence-corrected chi connectivity index (χ3v) is 11.3. The molecule has 0 aliphatic heterocycles. The highest BCUT2D eigenvalue weighted by molar-refractivity contribution is 6.16. The molecular weight excluding hydrogens is 657 g/mol. The van der Waals surface area contributed by atoms with Crippen molar-refractivity contribution in [2.75, 3.05) is 0 Å². The first-order valence-electron chi connectivity index (χ1n) is 18.4. The fourth-order valence-electron chi connectivity index (χ4n) is 8.94. The van der Waals surface area contributed by atoms with Crippen molar-refractivity contribution in [1.82, 2.24) is 19.1 Å². The molecule has 0 spiro atoms. The molecule has 7 aromatic carbocycles. The first-order valence-corrected chi connectivity index (χ1v) is 18.4. The number of fused-ring (bicyclic) bond motifs is 9. The van der Waals surface area contributed by atoms with E-state index in [0.717, 1.165) is 22.5 Å². The number of benzene rings is 7. The van der Waals surface area contributed by atoms with Gasteiger partial charge in [-0.3, -0.25) is 4.98 Å². The molecule has 1 aliphatic rings. The molecule has 0 saturated heterocycles. The van der Waals surface area contributed by atoms with E-state index < -0.39 is 0 Å². The standard InChI is InChI=1S/C50H30N4/c1-3-10-34(11-4-1)53-46-17-8-7-14-37(46)39-26-31(18-21-47(39)53)32-19-22-48-40(27-32)41-28-33(20-23-49(41)54(48)35-12-5-2-6-13-35)45-29-42-36-24-25-51-30-43(36)38-15-9-16-44(52-45)50(38)42/h1-30H. The average molecular weight is 687 g/mol. The van der Waals surface area contributed by atoms with E-state index in [1.807, 2.05) is 12.4 Å². The van der Waals surface area contributed by atoms with Gasteiger partial charge in [0.1, 0.15) is 0 Å². The topological polar surface area (TPSA) is 35.6 Å². The van der Waals surface area contributed by atoms with Gasteiger partial charge in [-0.05, 0) is 113 Å². The summed E-state index contributed by atoms with van der Waals surface area (Å²) < 4.78 is 4.76. The van der Waals surface area contributed by atoms with E-state index in [1.54, 1.807) is 0 Å². The molecular formula is C50H30N4. The third kappa shape index (κ3) is 4.13. The Hall–Kier alpha value is -7.30. The van der Waals surface area contributed by atoms with Gasteiger partial charge in [-0.25, -0.2) is 4.98 Å². The lowest BCUT2D eigenvalue weighted by atomic mass is 9.99. The summed E-state index contributed by atoms with van der Waals surface area (Å²) in [7, 11) is 0. The number of hydrogen-bond acceptors (Lipinski definition) is 2. The van der Waals surface area contributed by atoms with E-state index in [-0.39, 0.29) is 0 Å². The SMILES string of the molecule is c1ccc(-n2c3ccccc3c3cc(-c4ccc5c(c4)c4cc(-c6cc7c8c(cccc8n6)-c6cnccc6-7)ccc4n5-c4ccccc4)ccc32)cc1. The maximum absolute atomic E-state index is 5.26. The predicted octanol–water partition coefficient (Wildman–Crippen LogP) is 12.8. The van der Waals surface area contributed by atoms with E-state index in [9.17, 15) is 0 Å². The molecule has 0 radical (unpaired) electrons.